The number of amides is 7. The van der Waals surface area contributed by atoms with Crippen LogP contribution in [0.1, 0.15) is 90.0 Å². The second kappa shape index (κ2) is 35.2. The highest BCUT2D eigenvalue weighted by molar-refractivity contribution is 7.15. The quantitative estimate of drug-likeness (QED) is 0.0585. The van der Waals surface area contributed by atoms with Gasteiger partial charge in [0.1, 0.15) is 95.6 Å². The standard InChI is InChI=1S/C76H80Cl3N9O24S/c1-30(2)16-43(81-3)68(99)88-62-63(96)34-8-14-51(42(79)20-34)108-53-22-35-21-52(66(53)111-76-65(98)64(97)67(55(29-89)110-76)112-75-49(94)26-47(92)54(109-75)28-82-27-38-11-15-56(113-38)32-5-9-36(77)10-6-32)107-50-13-4-31(17-41(50)78)18-44-69(100)87-61(74(105)106)40-23-37(90)24-48(93)58(40)39-19-33(7-12-46(39)91)59(71(102)83-44)86-72(103)60(35)85-70(101)45(25-57(80)95)84-73(62)104/h4-15,17,19-24,30,43-45,47,49,54-55,59-65,67,75-76,81-82,89-94,96-98H,16,18,25-29H2,1-3H3,(H2,80,95)(H,83,102)(H,84,104)(H,85,101)(H,86,103)(H,87,100)(H,88,99)(H,105,106)/t43-,44+,45+,47-,49-,54-,55-,59-,60-,61-,62?,63-,64-,65-,67-,75+,76+/m1/s1. The molecule has 0 saturated carbocycles. The predicted molar refractivity (Wildman–Crippen MR) is 402 cm³/mol. The lowest BCUT2D eigenvalue weighted by atomic mass is 9.89. The molecule has 113 heavy (non-hydrogen) atoms. The molecule has 17 atom stereocenters. The number of nitrogens with one attached hydrogen (secondary N) is 8. The number of hydrogen-bond donors (Lipinski definition) is 19. The summed E-state index contributed by atoms with van der Waals surface area (Å²) in [6.07, 6.45) is -19.1. The van der Waals surface area contributed by atoms with Gasteiger partial charge in [-0.3, -0.25) is 33.6 Å². The smallest absolute Gasteiger partial charge is 0.330 e. The number of aliphatic carboxylic acids is 1. The van der Waals surface area contributed by atoms with E-state index in [2.05, 4.69) is 42.5 Å². The SMILES string of the molecule is CN[C@H](CC(C)C)C(=O)NC1C(=O)N[C@@H](CC(N)=O)C(=O)N[C@H]2C(=O)N[C@H]3C(=O)N[C@@H](Cc4ccc(c(Cl)c4)Oc4cc2cc(c4O[C@@H]2O[C@H](CO)[C@@H](O[C@@H]4O[C@H](CNCc5ccc(-c6ccc(Cl)cc6)s5)[C@H](O)C[C@H]4O)[C@H](O)[C@H]2O)Oc2ccc(cc2Cl)[C@H]1O)C(=O)N[C@@H](C(=O)O)c1cc(O)cc(O)c1-c1cc3ccc1O. The number of nitrogens with two attached hydrogens (primary N) is 1. The van der Waals surface area contributed by atoms with Gasteiger partial charge in [0.25, 0.3) is 0 Å². The number of carbonyl (C=O) groups is 8. The number of phenolic OH excluding ortho intramolecular Hbond substituents is 3. The average Bonchev–Trinajstić information content (AvgIpc) is 1.19. The molecule has 7 amide bonds. The number of primary amides is 1. The molecule has 2 saturated heterocycles. The number of benzene rings is 6. The highest BCUT2D eigenvalue weighted by Crippen LogP contribution is 2.50. The molecular weight excluding hydrogens is 1560 g/mol. The Morgan fingerprint density at radius 2 is 1.34 bits per heavy atom. The van der Waals surface area contributed by atoms with Gasteiger partial charge in [-0.2, -0.15) is 0 Å². The van der Waals surface area contributed by atoms with Gasteiger partial charge < -0.3 is 128 Å². The van der Waals surface area contributed by atoms with E-state index in [4.69, 9.17) is 69.0 Å². The second-order valence-corrected chi connectivity index (χ2v) is 30.4. The molecule has 1 aromatic heterocycles. The van der Waals surface area contributed by atoms with Crippen LogP contribution in [-0.2, 0) is 65.5 Å². The average molecular weight is 1640 g/mol. The van der Waals surface area contributed by atoms with E-state index in [1.165, 1.54) is 48.7 Å². The Kier molecular flexibility index (Phi) is 25.7. The lowest BCUT2D eigenvalue weighted by Crippen LogP contribution is -2.63. The number of phenols is 3. The fraction of sp³-hybridized carbons (Fsp3) is 0.368. The lowest BCUT2D eigenvalue weighted by molar-refractivity contribution is -0.338. The minimum Gasteiger partial charge on any atom is -0.508 e. The van der Waals surface area contributed by atoms with Crippen LogP contribution in [0, 0.1) is 5.92 Å². The molecular formula is C76H80Cl3N9O24S. The molecule has 7 aliphatic rings. The number of halogens is 3. The van der Waals surface area contributed by atoms with Crippen molar-refractivity contribution in [3.8, 4) is 67.6 Å². The van der Waals surface area contributed by atoms with E-state index in [-0.39, 0.29) is 63.5 Å². The second-order valence-electron chi connectivity index (χ2n) is 28.0. The molecule has 0 spiro atoms. The molecule has 14 rings (SSSR count). The Labute approximate surface area is 662 Å². The summed E-state index contributed by atoms with van der Waals surface area (Å²) in [4.78, 5) is 119. The minimum atomic E-state index is -2.31. The highest BCUT2D eigenvalue weighted by atomic mass is 35.5. The molecule has 1 unspecified atom stereocenters. The third-order valence-corrected chi connectivity index (χ3v) is 21.5. The van der Waals surface area contributed by atoms with E-state index in [0.29, 0.717) is 11.6 Å². The summed E-state index contributed by atoms with van der Waals surface area (Å²) >= 11 is 21.8. The number of hydrogen-bond acceptors (Lipinski definition) is 26. The van der Waals surface area contributed by atoms with Crippen molar-refractivity contribution in [2.75, 3.05) is 20.2 Å². The third kappa shape index (κ3) is 18.6. The molecule has 8 heterocycles. The number of aliphatic hydroxyl groups excluding tert-OH is 6. The monoisotopic (exact) mass is 1640 g/mol. The van der Waals surface area contributed by atoms with Gasteiger partial charge in [-0.25, -0.2) is 4.79 Å². The number of aromatic hydroxyl groups is 3. The molecule has 33 nitrogen and oxygen atoms in total. The molecule has 6 aromatic carbocycles. The third-order valence-electron chi connectivity index (χ3n) is 19.5. The number of aliphatic hydroxyl groups is 6. The van der Waals surface area contributed by atoms with Crippen LogP contribution in [0.4, 0.5) is 0 Å². The molecule has 11 bridgehead atoms. The van der Waals surface area contributed by atoms with Crippen LogP contribution in [0.2, 0.25) is 15.1 Å². The Morgan fingerprint density at radius 3 is 2.00 bits per heavy atom. The van der Waals surface area contributed by atoms with Crippen molar-refractivity contribution in [2.45, 2.75) is 150 Å². The van der Waals surface area contributed by atoms with Gasteiger partial charge >= 0.3 is 5.97 Å². The van der Waals surface area contributed by atoms with Crippen molar-refractivity contribution in [3.05, 3.63) is 163 Å². The zero-order valence-electron chi connectivity index (χ0n) is 60.1. The first-order chi connectivity index (χ1) is 53.8. The molecule has 37 heteroatoms. The number of ether oxygens (including phenoxy) is 6. The van der Waals surface area contributed by atoms with Crippen LogP contribution in [-0.4, -0.2) is 198 Å². The van der Waals surface area contributed by atoms with Crippen LogP contribution in [0.25, 0.3) is 21.6 Å². The maximum atomic E-state index is 16.1. The maximum Gasteiger partial charge on any atom is 0.330 e. The van der Waals surface area contributed by atoms with Crippen LogP contribution in [0.15, 0.2) is 115 Å². The first-order valence-corrected chi connectivity index (χ1v) is 37.5. The Morgan fingerprint density at radius 1 is 0.673 bits per heavy atom. The summed E-state index contributed by atoms with van der Waals surface area (Å²) < 4.78 is 38.3. The van der Waals surface area contributed by atoms with E-state index in [9.17, 15) is 75.0 Å². The van der Waals surface area contributed by atoms with Gasteiger partial charge in [0.15, 0.2) is 23.8 Å². The number of thiophene rings is 1. The van der Waals surface area contributed by atoms with Crippen molar-refractivity contribution < 1.29 is 118 Å². The maximum absolute atomic E-state index is 16.1. The van der Waals surface area contributed by atoms with Crippen LogP contribution in [0.3, 0.4) is 0 Å². The summed E-state index contributed by atoms with van der Waals surface area (Å²) in [7, 11) is 1.48. The van der Waals surface area contributed by atoms with Crippen molar-refractivity contribution in [1.29, 1.82) is 0 Å². The number of rotatable bonds is 18. The summed E-state index contributed by atoms with van der Waals surface area (Å²) in [5.41, 5.74) is 4.56. The Bertz CT molecular complexity index is 4790. The highest BCUT2D eigenvalue weighted by Gasteiger charge is 2.51. The number of carboxylic acids is 1. The summed E-state index contributed by atoms with van der Waals surface area (Å²) in [6.45, 7) is 3.02. The van der Waals surface area contributed by atoms with E-state index in [1.807, 2.05) is 38.1 Å². The number of carboxylic acid groups (broad SMARTS) is 1. The molecule has 20 N–H and O–H groups in total. The van der Waals surface area contributed by atoms with E-state index in [0.717, 1.165) is 63.8 Å². The summed E-state index contributed by atoms with van der Waals surface area (Å²) in [6, 6.07) is 12.1. The van der Waals surface area contributed by atoms with E-state index in [1.54, 1.807) is 12.1 Å². The van der Waals surface area contributed by atoms with E-state index < -0.39 is 227 Å². The van der Waals surface area contributed by atoms with Crippen LogP contribution < -0.4 is 62.5 Å². The van der Waals surface area contributed by atoms with Gasteiger partial charge in [-0.05, 0) is 126 Å². The molecule has 7 aliphatic heterocycles. The topological polar surface area (TPSA) is 516 Å². The zero-order valence-corrected chi connectivity index (χ0v) is 63.2. The Balaban J connectivity index is 0.973. The predicted octanol–water partition coefficient (Wildman–Crippen LogP) is 3.41. The summed E-state index contributed by atoms with van der Waals surface area (Å²) in [5, 5.41) is 136. The fourth-order valence-corrected chi connectivity index (χ4v) is 15.3. The largest absolute Gasteiger partial charge is 0.508 e. The molecule has 7 aromatic rings. The number of carbonyl (C=O) groups excluding carboxylic acids is 7. The van der Waals surface area contributed by atoms with Gasteiger partial charge in [-0.1, -0.05) is 79.0 Å². The van der Waals surface area contributed by atoms with Crippen LogP contribution in [0.5, 0.6) is 46.0 Å². The molecule has 2 fully saturated rings. The van der Waals surface area contributed by atoms with Crippen molar-refractivity contribution in [3.63, 3.8) is 0 Å². The van der Waals surface area contributed by atoms with Gasteiger partial charge in [0, 0.05) is 63.5 Å². The fourth-order valence-electron chi connectivity index (χ4n) is 13.8. The number of fused-ring (bicyclic) bond motifs is 15. The molecule has 0 radical (unpaired) electrons. The molecule has 0 aliphatic carbocycles. The van der Waals surface area contributed by atoms with Gasteiger partial charge in [0.05, 0.1) is 41.3 Å². The normalized spacial score (nSPS) is 26.2. The van der Waals surface area contributed by atoms with Gasteiger partial charge in [-0.15, -0.1) is 11.3 Å². The Hall–Kier alpha value is -9.99. The summed E-state index contributed by atoms with van der Waals surface area (Å²) in [5.74, 6) is -15.2. The minimum absolute atomic E-state index is 0.0282. The first kappa shape index (κ1) is 82.5. The van der Waals surface area contributed by atoms with Crippen molar-refractivity contribution in [2.24, 2.45) is 11.7 Å². The van der Waals surface area contributed by atoms with Gasteiger partial charge in [0.2, 0.25) is 53.4 Å². The van der Waals surface area contributed by atoms with Crippen molar-refractivity contribution >= 4 is 93.5 Å². The number of likely N-dealkylation sites (N-methyl/N-ethyl adjacent to an activating group) is 1. The van der Waals surface area contributed by atoms with Crippen LogP contribution >= 0.6 is 46.1 Å². The zero-order chi connectivity index (χ0) is 81.1. The molecule has 600 valence electrons. The van der Waals surface area contributed by atoms with Crippen molar-refractivity contribution in [1.82, 2.24) is 42.5 Å². The first-order valence-electron chi connectivity index (χ1n) is 35.5. The lowest BCUT2D eigenvalue weighted by Gasteiger charge is -2.45. The van der Waals surface area contributed by atoms with E-state index >= 15 is 14.4 Å².